The lowest BCUT2D eigenvalue weighted by Gasteiger charge is -2.19. The molecule has 0 fully saturated rings. The zero-order chi connectivity index (χ0) is 13.3. The van der Waals surface area contributed by atoms with Crippen molar-refractivity contribution >= 4 is 44.5 Å². The van der Waals surface area contributed by atoms with E-state index in [1.54, 1.807) is 18.2 Å². The van der Waals surface area contributed by atoms with E-state index in [1.807, 2.05) is 0 Å². The number of hydrogen-bond acceptors (Lipinski definition) is 4. The number of nitrogens with two attached hydrogens (primary N) is 1. The van der Waals surface area contributed by atoms with E-state index >= 15 is 0 Å². The number of nitrogens with one attached hydrogen (secondary N) is 1. The summed E-state index contributed by atoms with van der Waals surface area (Å²) in [6.45, 7) is 0. The first-order valence-electron chi connectivity index (χ1n) is 5.05. The van der Waals surface area contributed by atoms with Crippen LogP contribution in [0.4, 0.5) is 0 Å². The summed E-state index contributed by atoms with van der Waals surface area (Å²) in [5.74, 6) is -0.0262. The molecule has 18 heavy (non-hydrogen) atoms. The van der Waals surface area contributed by atoms with Crippen LogP contribution in [-0.4, -0.2) is 25.0 Å². The molecule has 0 spiro atoms. The van der Waals surface area contributed by atoms with E-state index in [2.05, 4.69) is 22.7 Å². The summed E-state index contributed by atoms with van der Waals surface area (Å²) in [6, 6.07) is 4.89. The summed E-state index contributed by atoms with van der Waals surface area (Å²) in [6.07, 6.45) is 0.297. The lowest BCUT2D eigenvalue weighted by atomic mass is 10.1. The smallest absolute Gasteiger partial charge is 0.184 e. The van der Waals surface area contributed by atoms with Crippen molar-refractivity contribution < 1.29 is 8.42 Å². The van der Waals surface area contributed by atoms with Crippen LogP contribution in [-0.2, 0) is 9.84 Å². The van der Waals surface area contributed by atoms with Gasteiger partial charge in [-0.15, -0.1) is 0 Å². The van der Waals surface area contributed by atoms with E-state index < -0.39 is 9.84 Å². The molecule has 0 saturated heterocycles. The van der Waals surface area contributed by atoms with E-state index in [-0.39, 0.29) is 20.8 Å². The van der Waals surface area contributed by atoms with Gasteiger partial charge in [0.15, 0.2) is 14.9 Å². The quantitative estimate of drug-likeness (QED) is 0.598. The fourth-order valence-electron chi connectivity index (χ4n) is 1.76. The molecule has 0 atom stereocenters. The highest BCUT2D eigenvalue weighted by atomic mass is 35.5. The van der Waals surface area contributed by atoms with E-state index in [1.165, 1.54) is 0 Å². The summed E-state index contributed by atoms with van der Waals surface area (Å²) in [7, 11) is -3.35. The van der Waals surface area contributed by atoms with Crippen LogP contribution in [0.15, 0.2) is 28.2 Å². The van der Waals surface area contributed by atoms with E-state index in [0.29, 0.717) is 17.7 Å². The van der Waals surface area contributed by atoms with Crippen molar-refractivity contribution in [3.63, 3.8) is 0 Å². The molecular formula is C10H10ClN3O2S2. The van der Waals surface area contributed by atoms with E-state index in [0.717, 1.165) is 0 Å². The Morgan fingerprint density at radius 1 is 1.50 bits per heavy atom. The summed E-state index contributed by atoms with van der Waals surface area (Å²) < 4.78 is 23.9. The second kappa shape index (κ2) is 4.83. The number of hydrogen-bond donors (Lipinski definition) is 2. The number of sulfone groups is 1. The molecule has 1 aromatic carbocycles. The van der Waals surface area contributed by atoms with Crippen molar-refractivity contribution in [3.8, 4) is 0 Å². The number of benzene rings is 1. The van der Waals surface area contributed by atoms with Gasteiger partial charge in [0.2, 0.25) is 0 Å². The average molecular weight is 304 g/mol. The van der Waals surface area contributed by atoms with Gasteiger partial charge in [0.25, 0.3) is 0 Å². The van der Waals surface area contributed by atoms with Crippen molar-refractivity contribution in [2.45, 2.75) is 11.3 Å². The molecule has 5 nitrogen and oxygen atoms in total. The summed E-state index contributed by atoms with van der Waals surface area (Å²) in [4.78, 5) is 0.126. The van der Waals surface area contributed by atoms with Gasteiger partial charge in [-0.05, 0) is 18.3 Å². The molecule has 0 aromatic heterocycles. The van der Waals surface area contributed by atoms with Crippen LogP contribution >= 0.6 is 23.8 Å². The largest absolute Gasteiger partial charge is 0.375 e. The minimum Gasteiger partial charge on any atom is -0.375 e. The second-order valence-electron chi connectivity index (χ2n) is 3.72. The Morgan fingerprint density at radius 3 is 2.89 bits per heavy atom. The molecule has 0 radical (unpaired) electrons. The van der Waals surface area contributed by atoms with Gasteiger partial charge < -0.3 is 5.73 Å². The molecule has 0 saturated carbocycles. The minimum absolute atomic E-state index is 0.0262. The van der Waals surface area contributed by atoms with Crippen LogP contribution in [0, 0.1) is 0 Å². The molecule has 1 aromatic rings. The minimum atomic E-state index is -3.35. The van der Waals surface area contributed by atoms with Crippen LogP contribution in [0.2, 0.25) is 5.02 Å². The maximum Gasteiger partial charge on any atom is 0.184 e. The maximum atomic E-state index is 12.0. The number of rotatable bonds is 1. The Morgan fingerprint density at radius 2 is 2.22 bits per heavy atom. The lowest BCUT2D eigenvalue weighted by molar-refractivity contribution is 0.594. The number of nitrogens with zero attached hydrogens (tertiary/aromatic N) is 1. The van der Waals surface area contributed by atoms with Gasteiger partial charge in [0.05, 0.1) is 21.4 Å². The molecule has 0 aliphatic carbocycles. The molecular weight excluding hydrogens is 294 g/mol. The van der Waals surface area contributed by atoms with Gasteiger partial charge in [-0.2, -0.15) is 5.10 Å². The number of hydrazone groups is 1. The number of halogens is 1. The van der Waals surface area contributed by atoms with E-state index in [9.17, 15) is 8.42 Å². The van der Waals surface area contributed by atoms with Gasteiger partial charge in [-0.3, -0.25) is 5.43 Å². The summed E-state index contributed by atoms with van der Waals surface area (Å²) >= 11 is 10.6. The van der Waals surface area contributed by atoms with Crippen molar-refractivity contribution in [3.05, 3.63) is 28.8 Å². The first-order chi connectivity index (χ1) is 8.42. The number of fused-ring (bicyclic) bond motifs is 1. The Bertz CT molecular complexity index is 641. The van der Waals surface area contributed by atoms with Crippen LogP contribution in [0.1, 0.15) is 12.0 Å². The molecule has 0 bridgehead atoms. The van der Waals surface area contributed by atoms with Crippen molar-refractivity contribution in [2.24, 2.45) is 10.8 Å². The third kappa shape index (κ3) is 2.47. The Labute approximate surface area is 115 Å². The van der Waals surface area contributed by atoms with Gasteiger partial charge in [-0.1, -0.05) is 23.7 Å². The van der Waals surface area contributed by atoms with Gasteiger partial charge in [0, 0.05) is 12.0 Å². The molecule has 3 N–H and O–H groups in total. The molecule has 8 heteroatoms. The molecule has 1 aliphatic heterocycles. The molecule has 1 heterocycles. The Kier molecular flexibility index (Phi) is 3.56. The number of thiocarbonyl (C=S) groups is 1. The normalized spacial score (nSPS) is 19.3. The lowest BCUT2D eigenvalue weighted by Crippen LogP contribution is -2.28. The van der Waals surface area contributed by atoms with Gasteiger partial charge >= 0.3 is 0 Å². The first-order valence-corrected chi connectivity index (χ1v) is 7.49. The van der Waals surface area contributed by atoms with Crippen LogP contribution in [0.3, 0.4) is 0 Å². The third-order valence-corrected chi connectivity index (χ3v) is 4.82. The van der Waals surface area contributed by atoms with Crippen LogP contribution in [0.25, 0.3) is 0 Å². The molecule has 0 unspecified atom stereocenters. The molecule has 0 amide bonds. The Hall–Kier alpha value is -1.18. The van der Waals surface area contributed by atoms with Gasteiger partial charge in [-0.25, -0.2) is 8.42 Å². The highest BCUT2D eigenvalue weighted by Crippen LogP contribution is 2.31. The zero-order valence-electron chi connectivity index (χ0n) is 9.18. The van der Waals surface area contributed by atoms with Crippen LogP contribution < -0.4 is 11.2 Å². The fourth-order valence-corrected chi connectivity index (χ4v) is 3.88. The highest BCUT2D eigenvalue weighted by Gasteiger charge is 2.29. The summed E-state index contributed by atoms with van der Waals surface area (Å²) in [5, 5.41) is 4.24. The predicted octanol–water partition coefficient (Wildman–Crippen LogP) is 1.05. The SMILES string of the molecule is NC(=S)NN=C1CCS(=O)(=O)c2c(Cl)cccc21. The zero-order valence-corrected chi connectivity index (χ0v) is 11.6. The molecule has 1 aliphatic rings. The fraction of sp³-hybridized carbons (Fsp3) is 0.200. The van der Waals surface area contributed by atoms with Crippen molar-refractivity contribution in [1.82, 2.24) is 5.43 Å². The maximum absolute atomic E-state index is 12.0. The standard InChI is InChI=1S/C10H10ClN3O2S2/c11-7-3-1-2-6-8(13-14-10(12)17)4-5-18(15,16)9(6)7/h1-3H,4-5H2,(H3,12,14,17). The van der Waals surface area contributed by atoms with Crippen molar-refractivity contribution in [2.75, 3.05) is 5.75 Å². The van der Waals surface area contributed by atoms with Crippen LogP contribution in [0.5, 0.6) is 0 Å². The monoisotopic (exact) mass is 303 g/mol. The summed E-state index contributed by atoms with van der Waals surface area (Å²) in [5.41, 5.74) is 8.82. The van der Waals surface area contributed by atoms with Crippen molar-refractivity contribution in [1.29, 1.82) is 0 Å². The topological polar surface area (TPSA) is 84.5 Å². The average Bonchev–Trinajstić information content (AvgIpc) is 2.27. The Balaban J connectivity index is 2.58. The van der Waals surface area contributed by atoms with Gasteiger partial charge in [0.1, 0.15) is 0 Å². The predicted molar refractivity (Wildman–Crippen MR) is 74.6 cm³/mol. The molecule has 96 valence electrons. The highest BCUT2D eigenvalue weighted by molar-refractivity contribution is 7.91. The first kappa shape index (κ1) is 13.3. The third-order valence-electron chi connectivity index (χ3n) is 2.50. The second-order valence-corrected chi connectivity index (χ2v) is 6.61. The van der Waals surface area contributed by atoms with E-state index in [4.69, 9.17) is 17.3 Å². The molecule has 2 rings (SSSR count).